The third-order valence-electron chi connectivity index (χ3n) is 2.28. The number of nitrogens with one attached hydrogen (secondary N) is 2. The van der Waals surface area contributed by atoms with Crippen molar-refractivity contribution in [1.29, 1.82) is 0 Å². The van der Waals surface area contributed by atoms with Crippen LogP contribution in [0.3, 0.4) is 0 Å². The van der Waals surface area contributed by atoms with Gasteiger partial charge in [-0.1, -0.05) is 12.1 Å². The molecule has 0 atom stereocenters. The van der Waals surface area contributed by atoms with Crippen LogP contribution < -0.4 is 10.9 Å². The van der Waals surface area contributed by atoms with E-state index < -0.39 is 0 Å². The Morgan fingerprint density at radius 3 is 2.88 bits per heavy atom. The number of nitrogens with zero attached hydrogens (tertiary/aromatic N) is 1. The fourth-order valence-corrected chi connectivity index (χ4v) is 1.52. The molecule has 0 amide bonds. The number of aromatic nitrogens is 2. The predicted octanol–water partition coefficient (Wildman–Crippen LogP) is 1.02. The highest BCUT2D eigenvalue weighted by Gasteiger charge is 2.07. The third kappa shape index (κ3) is 1.90. The van der Waals surface area contributed by atoms with Gasteiger partial charge in [-0.2, -0.15) is 0 Å². The average molecular weight is 221 g/mol. The summed E-state index contributed by atoms with van der Waals surface area (Å²) in [7, 11) is 1.75. The van der Waals surface area contributed by atoms with Crippen molar-refractivity contribution >= 4 is 0 Å². The molecule has 2 aromatic rings. The summed E-state index contributed by atoms with van der Waals surface area (Å²) < 4.78 is 14.8. The van der Waals surface area contributed by atoms with Crippen molar-refractivity contribution < 1.29 is 4.39 Å². The number of H-pyrrole nitrogens is 1. The first kappa shape index (κ1) is 10.6. The molecule has 4 nitrogen and oxygen atoms in total. The van der Waals surface area contributed by atoms with Crippen LogP contribution in [0.1, 0.15) is 5.56 Å². The zero-order valence-corrected chi connectivity index (χ0v) is 8.83. The van der Waals surface area contributed by atoms with Gasteiger partial charge in [-0.25, -0.2) is 4.39 Å². The van der Waals surface area contributed by atoms with Gasteiger partial charge in [0.2, 0.25) is 0 Å². The van der Waals surface area contributed by atoms with Gasteiger partial charge >= 0.3 is 0 Å². The van der Waals surface area contributed by atoms with E-state index in [0.29, 0.717) is 17.8 Å². The molecule has 2 rings (SSSR count). The van der Waals surface area contributed by atoms with Crippen LogP contribution in [0.2, 0.25) is 0 Å². The number of halogens is 1. The third-order valence-corrected chi connectivity index (χ3v) is 2.28. The summed E-state index contributed by atoms with van der Waals surface area (Å²) in [5.74, 6) is -0.371. The highest BCUT2D eigenvalue weighted by molar-refractivity contribution is 5.32. The molecule has 5 heteroatoms. The van der Waals surface area contributed by atoms with E-state index in [0.717, 1.165) is 0 Å². The van der Waals surface area contributed by atoms with E-state index in [1.165, 1.54) is 10.7 Å². The smallest absolute Gasteiger partial charge is 0.268 e. The van der Waals surface area contributed by atoms with Crippen LogP contribution in [0.4, 0.5) is 4.39 Å². The number of benzene rings is 1. The van der Waals surface area contributed by atoms with Gasteiger partial charge in [0.1, 0.15) is 5.82 Å². The number of hydrogen-bond acceptors (Lipinski definition) is 2. The maximum absolute atomic E-state index is 13.4. The summed E-state index contributed by atoms with van der Waals surface area (Å²) in [6, 6.07) is 6.28. The average Bonchev–Trinajstić information content (AvgIpc) is 2.61. The Morgan fingerprint density at radius 1 is 1.44 bits per heavy atom. The van der Waals surface area contributed by atoms with Gasteiger partial charge in [-0.15, -0.1) is 0 Å². The molecular formula is C11H12FN3O. The molecule has 1 aromatic carbocycles. The minimum Gasteiger partial charge on any atom is -0.315 e. The summed E-state index contributed by atoms with van der Waals surface area (Å²) in [5.41, 5.74) is 0.699. The van der Waals surface area contributed by atoms with Gasteiger partial charge in [-0.3, -0.25) is 14.6 Å². The van der Waals surface area contributed by atoms with Crippen LogP contribution >= 0.6 is 0 Å². The standard InChI is InChI=1S/C11H12FN3O/c1-13-6-8-7-15(14-11(8)16)10-5-3-2-4-9(10)12/h2-5,7,13H,6H2,1H3,(H,14,16). The van der Waals surface area contributed by atoms with E-state index in [4.69, 9.17) is 0 Å². The summed E-state index contributed by atoms with van der Waals surface area (Å²) >= 11 is 0. The van der Waals surface area contributed by atoms with E-state index in [1.54, 1.807) is 31.4 Å². The van der Waals surface area contributed by atoms with Gasteiger partial charge in [0.25, 0.3) is 5.56 Å². The monoisotopic (exact) mass is 221 g/mol. The zero-order chi connectivity index (χ0) is 11.5. The minimum atomic E-state index is -0.371. The van der Waals surface area contributed by atoms with Gasteiger partial charge < -0.3 is 5.32 Å². The lowest BCUT2D eigenvalue weighted by molar-refractivity contribution is 0.610. The second-order valence-electron chi connectivity index (χ2n) is 3.45. The van der Waals surface area contributed by atoms with Crippen molar-refractivity contribution in [2.45, 2.75) is 6.54 Å². The normalized spacial score (nSPS) is 10.6. The number of aromatic amines is 1. The Hall–Kier alpha value is -1.88. The van der Waals surface area contributed by atoms with E-state index >= 15 is 0 Å². The molecule has 84 valence electrons. The Balaban J connectivity index is 2.46. The fraction of sp³-hybridized carbons (Fsp3) is 0.182. The number of hydrogen-bond donors (Lipinski definition) is 2. The van der Waals surface area contributed by atoms with Crippen LogP contribution in [-0.4, -0.2) is 16.8 Å². The molecule has 0 aliphatic rings. The maximum Gasteiger partial charge on any atom is 0.268 e. The predicted molar refractivity (Wildman–Crippen MR) is 59.1 cm³/mol. The van der Waals surface area contributed by atoms with E-state index in [2.05, 4.69) is 10.4 Å². The maximum atomic E-state index is 13.4. The second-order valence-corrected chi connectivity index (χ2v) is 3.45. The molecule has 0 saturated heterocycles. The van der Waals surface area contributed by atoms with Crippen LogP contribution in [0, 0.1) is 5.82 Å². The van der Waals surface area contributed by atoms with Crippen molar-refractivity contribution in [2.75, 3.05) is 7.05 Å². The summed E-state index contributed by atoms with van der Waals surface area (Å²) in [6.45, 7) is 0.455. The molecule has 2 N–H and O–H groups in total. The molecule has 1 heterocycles. The van der Waals surface area contributed by atoms with E-state index in [1.807, 2.05) is 0 Å². The molecule has 0 aliphatic carbocycles. The quantitative estimate of drug-likeness (QED) is 0.813. The number of rotatable bonds is 3. The Morgan fingerprint density at radius 2 is 2.19 bits per heavy atom. The van der Waals surface area contributed by atoms with Crippen molar-refractivity contribution in [1.82, 2.24) is 15.1 Å². The largest absolute Gasteiger partial charge is 0.315 e. The van der Waals surface area contributed by atoms with Gasteiger partial charge in [-0.05, 0) is 19.2 Å². The Bertz CT molecular complexity index is 544. The van der Waals surface area contributed by atoms with Crippen LogP contribution in [0.5, 0.6) is 0 Å². The van der Waals surface area contributed by atoms with Crippen molar-refractivity contribution in [3.8, 4) is 5.69 Å². The molecule has 0 spiro atoms. The summed E-state index contributed by atoms with van der Waals surface area (Å²) in [4.78, 5) is 11.5. The second kappa shape index (κ2) is 4.32. The van der Waals surface area contributed by atoms with Gasteiger partial charge in [0.15, 0.2) is 0 Å². The van der Waals surface area contributed by atoms with Crippen molar-refractivity contribution in [3.63, 3.8) is 0 Å². The topological polar surface area (TPSA) is 49.8 Å². The highest BCUT2D eigenvalue weighted by atomic mass is 19.1. The van der Waals surface area contributed by atoms with Gasteiger partial charge in [0.05, 0.1) is 11.3 Å². The molecule has 0 aliphatic heterocycles. The lowest BCUT2D eigenvalue weighted by Crippen LogP contribution is -2.13. The first-order chi connectivity index (χ1) is 7.72. The van der Waals surface area contributed by atoms with E-state index in [9.17, 15) is 9.18 Å². The molecule has 0 bridgehead atoms. The SMILES string of the molecule is CNCc1cn(-c2ccccc2F)[nH]c1=O. The molecule has 0 fully saturated rings. The van der Waals surface area contributed by atoms with Crippen LogP contribution in [-0.2, 0) is 6.54 Å². The molecular weight excluding hydrogens is 209 g/mol. The lowest BCUT2D eigenvalue weighted by Gasteiger charge is -2.02. The minimum absolute atomic E-state index is 0.211. The van der Waals surface area contributed by atoms with Crippen LogP contribution in [0.25, 0.3) is 5.69 Å². The van der Waals surface area contributed by atoms with Crippen LogP contribution in [0.15, 0.2) is 35.3 Å². The first-order valence-electron chi connectivity index (χ1n) is 4.92. The highest BCUT2D eigenvalue weighted by Crippen LogP contribution is 2.10. The molecule has 0 radical (unpaired) electrons. The fourth-order valence-electron chi connectivity index (χ4n) is 1.52. The molecule has 0 saturated carbocycles. The molecule has 0 unspecified atom stereocenters. The van der Waals surface area contributed by atoms with Crippen molar-refractivity contribution in [3.05, 3.63) is 52.2 Å². The van der Waals surface area contributed by atoms with E-state index in [-0.39, 0.29) is 11.4 Å². The Labute approximate surface area is 91.7 Å². The van der Waals surface area contributed by atoms with Crippen molar-refractivity contribution in [2.24, 2.45) is 0 Å². The number of para-hydroxylation sites is 1. The molecule has 1 aromatic heterocycles. The Kier molecular flexibility index (Phi) is 2.87. The summed E-state index contributed by atoms with van der Waals surface area (Å²) in [6.07, 6.45) is 1.59. The first-order valence-corrected chi connectivity index (χ1v) is 4.92. The zero-order valence-electron chi connectivity index (χ0n) is 8.83. The lowest BCUT2D eigenvalue weighted by atomic mass is 10.3. The summed E-state index contributed by atoms with van der Waals surface area (Å²) in [5, 5.41) is 5.44. The molecule has 16 heavy (non-hydrogen) atoms. The van der Waals surface area contributed by atoms with Gasteiger partial charge in [0, 0.05) is 12.7 Å².